The molecule has 2 amide bonds. The molecule has 1 aromatic rings. The Morgan fingerprint density at radius 3 is 2.58 bits per heavy atom. The van der Waals surface area contributed by atoms with E-state index in [-0.39, 0.29) is 29.7 Å². The van der Waals surface area contributed by atoms with Gasteiger partial charge in [-0.05, 0) is 56.4 Å². The minimum Gasteiger partial charge on any atom is -0.352 e. The lowest BCUT2D eigenvalue weighted by atomic mass is 9.91. The first-order chi connectivity index (χ1) is 15.7. The van der Waals surface area contributed by atoms with E-state index in [0.717, 1.165) is 36.1 Å². The van der Waals surface area contributed by atoms with E-state index in [0.29, 0.717) is 42.3 Å². The summed E-state index contributed by atoms with van der Waals surface area (Å²) < 4.78 is 37.7. The molecule has 2 fully saturated rings. The van der Waals surface area contributed by atoms with Crippen molar-refractivity contribution in [1.82, 2.24) is 16.0 Å². The molecule has 2 saturated carbocycles. The molecule has 0 aromatic carbocycles. The number of halogens is 3. The SMILES string of the molecule is N#CNC(=NCC(F)(F)F)NC1CCc2sc(NC(=O)C3CC3)c(C(=O)NCC3CC3)c2C1. The van der Waals surface area contributed by atoms with E-state index in [1.807, 2.05) is 0 Å². The molecule has 1 heterocycles. The summed E-state index contributed by atoms with van der Waals surface area (Å²) in [5, 5.41) is 20.3. The Bertz CT molecular complexity index is 991. The van der Waals surface area contributed by atoms with E-state index < -0.39 is 12.7 Å². The third-order valence-electron chi connectivity index (χ3n) is 5.85. The Morgan fingerprint density at radius 1 is 1.18 bits per heavy atom. The van der Waals surface area contributed by atoms with Gasteiger partial charge in [-0.15, -0.1) is 11.3 Å². The zero-order valence-electron chi connectivity index (χ0n) is 17.8. The maximum atomic E-state index is 13.1. The van der Waals surface area contributed by atoms with E-state index in [1.54, 1.807) is 6.19 Å². The predicted octanol–water partition coefficient (Wildman–Crippen LogP) is 2.67. The van der Waals surface area contributed by atoms with Crippen molar-refractivity contribution >= 4 is 34.1 Å². The number of aliphatic imine (C=N–C) groups is 1. The fourth-order valence-electron chi connectivity index (χ4n) is 3.78. The van der Waals surface area contributed by atoms with Crippen molar-refractivity contribution in [3.8, 4) is 6.19 Å². The van der Waals surface area contributed by atoms with Crippen LogP contribution in [0.1, 0.15) is 52.9 Å². The number of thiophene rings is 1. The van der Waals surface area contributed by atoms with Gasteiger partial charge in [-0.3, -0.25) is 14.9 Å². The van der Waals surface area contributed by atoms with E-state index in [2.05, 4.69) is 26.3 Å². The fraction of sp³-hybridized carbons (Fsp3) is 0.619. The monoisotopic (exact) mass is 482 g/mol. The van der Waals surface area contributed by atoms with E-state index in [9.17, 15) is 22.8 Å². The van der Waals surface area contributed by atoms with Gasteiger partial charge in [0.1, 0.15) is 11.5 Å². The molecule has 0 radical (unpaired) electrons. The molecule has 0 saturated heterocycles. The molecule has 1 unspecified atom stereocenters. The average molecular weight is 483 g/mol. The number of carbonyl (C=O) groups excluding carboxylic acids is 2. The zero-order chi connectivity index (χ0) is 23.6. The van der Waals surface area contributed by atoms with Gasteiger partial charge >= 0.3 is 6.18 Å². The third-order valence-corrected chi connectivity index (χ3v) is 7.06. The van der Waals surface area contributed by atoms with Gasteiger partial charge in [0.05, 0.1) is 5.56 Å². The van der Waals surface area contributed by atoms with Crippen molar-refractivity contribution in [2.75, 3.05) is 18.4 Å². The van der Waals surface area contributed by atoms with Crippen LogP contribution in [0.4, 0.5) is 18.2 Å². The minimum absolute atomic E-state index is 0.00891. The number of carbonyl (C=O) groups is 2. The summed E-state index contributed by atoms with van der Waals surface area (Å²) in [5.74, 6) is -0.0933. The quantitative estimate of drug-likeness (QED) is 0.206. The Hall–Kier alpha value is -2.81. The number of aryl methyl sites for hydroxylation is 1. The molecule has 8 nitrogen and oxygen atoms in total. The highest BCUT2D eigenvalue weighted by Gasteiger charge is 2.34. The van der Waals surface area contributed by atoms with Gasteiger partial charge in [-0.2, -0.15) is 18.4 Å². The molecule has 3 aliphatic rings. The lowest BCUT2D eigenvalue weighted by Crippen LogP contribution is -2.45. The maximum absolute atomic E-state index is 13.1. The van der Waals surface area contributed by atoms with Gasteiger partial charge < -0.3 is 16.0 Å². The second-order valence-electron chi connectivity index (χ2n) is 8.73. The third kappa shape index (κ3) is 6.37. The number of alkyl halides is 3. The normalized spacial score (nSPS) is 20.4. The number of rotatable bonds is 7. The standard InChI is InChI=1S/C21H25F3N6O2S/c22-21(23,24)9-27-20(28-10-25)29-13-5-6-15-14(7-13)16(18(32)26-8-11-1-2-11)19(33-15)30-17(31)12-3-4-12/h11-13H,1-9H2,(H,26,32)(H,30,31)(H2,27,28,29). The highest BCUT2D eigenvalue weighted by atomic mass is 32.1. The lowest BCUT2D eigenvalue weighted by molar-refractivity contribution is -0.118. The highest BCUT2D eigenvalue weighted by Crippen LogP contribution is 2.40. The largest absolute Gasteiger partial charge is 0.408 e. The van der Waals surface area contributed by atoms with E-state index in [4.69, 9.17) is 5.26 Å². The number of guanidine groups is 1. The summed E-state index contributed by atoms with van der Waals surface area (Å²) in [6.45, 7) is -0.825. The molecule has 0 spiro atoms. The van der Waals surface area contributed by atoms with Crippen LogP contribution >= 0.6 is 11.3 Å². The molecule has 4 N–H and O–H groups in total. The van der Waals surface area contributed by atoms with Crippen molar-refractivity contribution in [3.63, 3.8) is 0 Å². The number of nitrogens with one attached hydrogen (secondary N) is 4. The first kappa shape index (κ1) is 23.4. The highest BCUT2D eigenvalue weighted by molar-refractivity contribution is 7.17. The molecular formula is C21H25F3N6O2S. The van der Waals surface area contributed by atoms with Crippen LogP contribution in [0.3, 0.4) is 0 Å². The molecule has 178 valence electrons. The van der Waals surface area contributed by atoms with Crippen LogP contribution in [0, 0.1) is 23.3 Å². The number of hydrogen-bond acceptors (Lipinski definition) is 5. The summed E-state index contributed by atoms with van der Waals surface area (Å²) >= 11 is 1.39. The summed E-state index contributed by atoms with van der Waals surface area (Å²) in [7, 11) is 0. The van der Waals surface area contributed by atoms with Crippen molar-refractivity contribution in [1.29, 1.82) is 5.26 Å². The van der Waals surface area contributed by atoms with Crippen LogP contribution < -0.4 is 21.3 Å². The van der Waals surface area contributed by atoms with Gasteiger partial charge in [0, 0.05) is 23.4 Å². The Kier molecular flexibility index (Phi) is 6.78. The lowest BCUT2D eigenvalue weighted by Gasteiger charge is -2.25. The van der Waals surface area contributed by atoms with Gasteiger partial charge in [0.2, 0.25) is 11.9 Å². The van der Waals surface area contributed by atoms with Crippen molar-refractivity contribution in [2.45, 2.75) is 57.2 Å². The van der Waals surface area contributed by atoms with Gasteiger partial charge in [-0.1, -0.05) is 0 Å². The smallest absolute Gasteiger partial charge is 0.352 e. The second kappa shape index (κ2) is 9.59. The van der Waals surface area contributed by atoms with Crippen LogP contribution in [0.5, 0.6) is 0 Å². The molecule has 3 aliphatic carbocycles. The molecular weight excluding hydrogens is 457 g/mol. The number of amides is 2. The van der Waals surface area contributed by atoms with Gasteiger partial charge in [0.15, 0.2) is 6.19 Å². The average Bonchev–Trinajstić information content (AvgIpc) is 3.66. The maximum Gasteiger partial charge on any atom is 0.408 e. The summed E-state index contributed by atoms with van der Waals surface area (Å²) in [6, 6.07) is -0.318. The van der Waals surface area contributed by atoms with Crippen LogP contribution in [0.2, 0.25) is 0 Å². The summed E-state index contributed by atoms with van der Waals surface area (Å²) in [5.41, 5.74) is 1.23. The van der Waals surface area contributed by atoms with E-state index in [1.165, 1.54) is 11.3 Å². The fourth-order valence-corrected chi connectivity index (χ4v) is 5.02. The Labute approximate surface area is 193 Å². The predicted molar refractivity (Wildman–Crippen MR) is 117 cm³/mol. The van der Waals surface area contributed by atoms with Gasteiger partial charge in [0.25, 0.3) is 5.91 Å². The number of anilines is 1. The molecule has 1 aromatic heterocycles. The molecule has 33 heavy (non-hydrogen) atoms. The van der Waals surface area contributed by atoms with Gasteiger partial charge in [-0.25, -0.2) is 4.99 Å². The Morgan fingerprint density at radius 2 is 1.94 bits per heavy atom. The van der Waals surface area contributed by atoms with Crippen molar-refractivity contribution < 1.29 is 22.8 Å². The van der Waals surface area contributed by atoms with E-state index >= 15 is 0 Å². The summed E-state index contributed by atoms with van der Waals surface area (Å²) in [6.07, 6.45) is 2.53. The first-order valence-electron chi connectivity index (χ1n) is 11.0. The molecule has 4 rings (SSSR count). The van der Waals surface area contributed by atoms with Crippen LogP contribution in [0.15, 0.2) is 4.99 Å². The van der Waals surface area contributed by atoms with Crippen LogP contribution in [-0.4, -0.2) is 43.1 Å². The topological polar surface area (TPSA) is 118 Å². The van der Waals surface area contributed by atoms with Crippen molar-refractivity contribution in [3.05, 3.63) is 16.0 Å². The number of nitrogens with zero attached hydrogens (tertiary/aromatic N) is 2. The number of fused-ring (bicyclic) bond motifs is 1. The van der Waals surface area contributed by atoms with Crippen LogP contribution in [-0.2, 0) is 17.6 Å². The second-order valence-corrected chi connectivity index (χ2v) is 9.83. The molecule has 1 atom stereocenters. The molecule has 12 heteroatoms. The summed E-state index contributed by atoms with van der Waals surface area (Å²) in [4.78, 5) is 29.9. The Balaban J connectivity index is 1.52. The molecule has 0 bridgehead atoms. The minimum atomic E-state index is -4.49. The zero-order valence-corrected chi connectivity index (χ0v) is 18.7. The molecule has 0 aliphatic heterocycles. The number of nitriles is 1. The van der Waals surface area contributed by atoms with Crippen molar-refractivity contribution in [2.24, 2.45) is 16.8 Å². The van der Waals surface area contributed by atoms with Crippen LogP contribution in [0.25, 0.3) is 0 Å². The first-order valence-corrected chi connectivity index (χ1v) is 11.8. The number of hydrogen-bond donors (Lipinski definition) is 4.